The Morgan fingerprint density at radius 3 is 2.44 bits per heavy atom. The van der Waals surface area contributed by atoms with Gasteiger partial charge in [0, 0.05) is 14.2 Å². The molecule has 0 aliphatic heterocycles. The Labute approximate surface area is 94.4 Å². The van der Waals surface area contributed by atoms with Gasteiger partial charge in [-0.3, -0.25) is 0 Å². The monoisotopic (exact) mass is 223 g/mol. The maximum Gasteiger partial charge on any atom is 0.172 e. The number of benzene rings is 1. The lowest BCUT2D eigenvalue weighted by Crippen LogP contribution is -2.25. The summed E-state index contributed by atoms with van der Waals surface area (Å²) in [5.41, 5.74) is 0.494. The molecular formula is C12H14FNO2. The van der Waals surface area contributed by atoms with Gasteiger partial charge in [-0.15, -0.1) is 0 Å². The van der Waals surface area contributed by atoms with Crippen LogP contribution in [-0.4, -0.2) is 20.5 Å². The second kappa shape index (κ2) is 6.21. The van der Waals surface area contributed by atoms with E-state index in [9.17, 15) is 4.39 Å². The SMILES string of the molecule is COC(OC)C(C#N)Cc1ccccc1F. The van der Waals surface area contributed by atoms with Crippen LogP contribution in [0.2, 0.25) is 0 Å². The van der Waals surface area contributed by atoms with E-state index >= 15 is 0 Å². The number of hydrogen-bond donors (Lipinski definition) is 0. The molecule has 0 aliphatic rings. The Hall–Kier alpha value is -1.44. The second-order valence-electron chi connectivity index (χ2n) is 3.37. The Morgan fingerprint density at radius 1 is 1.31 bits per heavy atom. The van der Waals surface area contributed by atoms with Gasteiger partial charge in [0.15, 0.2) is 6.29 Å². The molecule has 0 radical (unpaired) electrons. The molecule has 1 aromatic rings. The highest BCUT2D eigenvalue weighted by Gasteiger charge is 2.22. The number of nitriles is 1. The summed E-state index contributed by atoms with van der Waals surface area (Å²) in [4.78, 5) is 0. The van der Waals surface area contributed by atoms with Crippen molar-refractivity contribution in [1.29, 1.82) is 5.26 Å². The van der Waals surface area contributed by atoms with Crippen molar-refractivity contribution in [1.82, 2.24) is 0 Å². The van der Waals surface area contributed by atoms with E-state index in [2.05, 4.69) is 6.07 Å². The molecule has 0 N–H and O–H groups in total. The summed E-state index contributed by atoms with van der Waals surface area (Å²) in [5.74, 6) is -0.833. The van der Waals surface area contributed by atoms with Crippen LogP contribution in [-0.2, 0) is 15.9 Å². The molecule has 3 nitrogen and oxygen atoms in total. The summed E-state index contributed by atoms with van der Waals surface area (Å²) in [5, 5.41) is 8.98. The number of hydrogen-bond acceptors (Lipinski definition) is 3. The highest BCUT2D eigenvalue weighted by atomic mass is 19.1. The third-order valence-electron chi connectivity index (χ3n) is 2.36. The van der Waals surface area contributed by atoms with Crippen LogP contribution in [0, 0.1) is 23.1 Å². The fraction of sp³-hybridized carbons (Fsp3) is 0.417. The quantitative estimate of drug-likeness (QED) is 0.718. The first-order valence-electron chi connectivity index (χ1n) is 4.91. The van der Waals surface area contributed by atoms with E-state index in [-0.39, 0.29) is 12.2 Å². The first-order chi connectivity index (χ1) is 7.72. The van der Waals surface area contributed by atoms with E-state index in [1.54, 1.807) is 18.2 Å². The Bertz CT molecular complexity index is 372. The zero-order valence-electron chi connectivity index (χ0n) is 9.31. The minimum Gasteiger partial charge on any atom is -0.354 e. The molecule has 0 spiro atoms. The van der Waals surface area contributed by atoms with Crippen LogP contribution >= 0.6 is 0 Å². The van der Waals surface area contributed by atoms with Crippen molar-refractivity contribution in [2.75, 3.05) is 14.2 Å². The highest BCUT2D eigenvalue weighted by Crippen LogP contribution is 2.17. The Kier molecular flexibility index (Phi) is 4.90. The first-order valence-corrected chi connectivity index (χ1v) is 4.91. The van der Waals surface area contributed by atoms with Crippen molar-refractivity contribution in [3.05, 3.63) is 35.6 Å². The molecule has 0 heterocycles. The van der Waals surface area contributed by atoms with Crippen molar-refractivity contribution >= 4 is 0 Å². The van der Waals surface area contributed by atoms with E-state index in [4.69, 9.17) is 14.7 Å². The van der Waals surface area contributed by atoms with Gasteiger partial charge in [-0.2, -0.15) is 5.26 Å². The summed E-state index contributed by atoms with van der Waals surface area (Å²) in [6.07, 6.45) is -0.361. The Morgan fingerprint density at radius 2 is 1.94 bits per heavy atom. The lowest BCUT2D eigenvalue weighted by atomic mass is 9.99. The van der Waals surface area contributed by atoms with Gasteiger partial charge >= 0.3 is 0 Å². The molecular weight excluding hydrogens is 209 g/mol. The van der Waals surface area contributed by atoms with E-state index < -0.39 is 12.2 Å². The molecule has 1 rings (SSSR count). The molecule has 0 amide bonds. The average molecular weight is 223 g/mol. The smallest absolute Gasteiger partial charge is 0.172 e. The van der Waals surface area contributed by atoms with Gasteiger partial charge in [0.2, 0.25) is 0 Å². The molecule has 0 fully saturated rings. The van der Waals surface area contributed by atoms with Gasteiger partial charge in [0.05, 0.1) is 6.07 Å². The molecule has 0 bridgehead atoms. The van der Waals surface area contributed by atoms with Crippen molar-refractivity contribution in [2.24, 2.45) is 5.92 Å². The predicted molar refractivity (Wildman–Crippen MR) is 57.0 cm³/mol. The number of nitrogens with zero attached hydrogens (tertiary/aromatic N) is 1. The number of methoxy groups -OCH3 is 2. The van der Waals surface area contributed by atoms with Gasteiger partial charge in [-0.1, -0.05) is 18.2 Å². The number of rotatable bonds is 5. The van der Waals surface area contributed by atoms with Crippen LogP contribution < -0.4 is 0 Å². The van der Waals surface area contributed by atoms with Gasteiger partial charge in [-0.05, 0) is 18.1 Å². The Balaban J connectivity index is 2.79. The van der Waals surface area contributed by atoms with E-state index in [1.165, 1.54) is 20.3 Å². The zero-order valence-corrected chi connectivity index (χ0v) is 9.31. The molecule has 1 atom stereocenters. The fourth-order valence-corrected chi connectivity index (χ4v) is 1.53. The highest BCUT2D eigenvalue weighted by molar-refractivity contribution is 5.19. The van der Waals surface area contributed by atoms with Gasteiger partial charge < -0.3 is 9.47 Å². The molecule has 1 unspecified atom stereocenters. The molecule has 0 saturated heterocycles. The van der Waals surface area contributed by atoms with Crippen LogP contribution in [0.4, 0.5) is 4.39 Å². The molecule has 0 saturated carbocycles. The van der Waals surface area contributed by atoms with Crippen LogP contribution in [0.1, 0.15) is 5.56 Å². The molecule has 16 heavy (non-hydrogen) atoms. The van der Waals surface area contributed by atoms with Crippen molar-refractivity contribution in [3.63, 3.8) is 0 Å². The lowest BCUT2D eigenvalue weighted by molar-refractivity contribution is -0.124. The van der Waals surface area contributed by atoms with Crippen molar-refractivity contribution in [3.8, 4) is 6.07 Å². The van der Waals surface area contributed by atoms with Crippen LogP contribution in [0.3, 0.4) is 0 Å². The van der Waals surface area contributed by atoms with E-state index in [0.29, 0.717) is 5.56 Å². The molecule has 1 aromatic carbocycles. The largest absolute Gasteiger partial charge is 0.354 e. The van der Waals surface area contributed by atoms with Crippen molar-refractivity contribution in [2.45, 2.75) is 12.7 Å². The van der Waals surface area contributed by atoms with Crippen LogP contribution in [0.25, 0.3) is 0 Å². The summed E-state index contributed by atoms with van der Waals surface area (Å²) in [6, 6.07) is 8.44. The summed E-state index contributed by atoms with van der Waals surface area (Å²) in [7, 11) is 2.92. The van der Waals surface area contributed by atoms with Crippen molar-refractivity contribution < 1.29 is 13.9 Å². The predicted octanol–water partition coefficient (Wildman–Crippen LogP) is 2.13. The summed E-state index contributed by atoms with van der Waals surface area (Å²) >= 11 is 0. The minimum absolute atomic E-state index is 0.273. The number of halogens is 1. The standard InChI is InChI=1S/C12H14FNO2/c1-15-12(16-2)10(8-14)7-9-5-3-4-6-11(9)13/h3-6,10,12H,7H2,1-2H3. The van der Waals surface area contributed by atoms with Crippen LogP contribution in [0.5, 0.6) is 0 Å². The van der Waals surface area contributed by atoms with Gasteiger partial charge in [0.1, 0.15) is 11.7 Å². The van der Waals surface area contributed by atoms with E-state index in [0.717, 1.165) is 0 Å². The van der Waals surface area contributed by atoms with Gasteiger partial charge in [-0.25, -0.2) is 4.39 Å². The average Bonchev–Trinajstić information content (AvgIpc) is 2.31. The minimum atomic E-state index is -0.635. The molecule has 0 aliphatic carbocycles. The first kappa shape index (κ1) is 12.6. The molecule has 4 heteroatoms. The summed E-state index contributed by atoms with van der Waals surface area (Å²) < 4.78 is 23.4. The maximum absolute atomic E-state index is 13.4. The molecule has 0 aromatic heterocycles. The molecule has 86 valence electrons. The van der Waals surface area contributed by atoms with E-state index in [1.807, 2.05) is 0 Å². The third-order valence-corrected chi connectivity index (χ3v) is 2.36. The normalized spacial score (nSPS) is 12.4. The zero-order chi connectivity index (χ0) is 12.0. The number of ether oxygens (including phenoxy) is 2. The van der Waals surface area contributed by atoms with Crippen LogP contribution in [0.15, 0.2) is 24.3 Å². The maximum atomic E-state index is 13.4. The third kappa shape index (κ3) is 3.02. The fourth-order valence-electron chi connectivity index (χ4n) is 1.53. The summed E-state index contributed by atoms with van der Waals surface area (Å²) in [6.45, 7) is 0. The second-order valence-corrected chi connectivity index (χ2v) is 3.37. The lowest BCUT2D eigenvalue weighted by Gasteiger charge is -2.18. The van der Waals surface area contributed by atoms with Gasteiger partial charge in [0.25, 0.3) is 0 Å². The topological polar surface area (TPSA) is 42.2 Å².